The first-order chi connectivity index (χ1) is 13.3. The van der Waals surface area contributed by atoms with Crippen molar-refractivity contribution >= 4 is 23.3 Å². The molecule has 1 amide bonds. The maximum atomic E-state index is 13.7. The fourth-order valence-electron chi connectivity index (χ4n) is 2.79. The predicted octanol–water partition coefficient (Wildman–Crippen LogP) is 3.89. The van der Waals surface area contributed by atoms with Gasteiger partial charge >= 0.3 is 0 Å². The van der Waals surface area contributed by atoms with Crippen LogP contribution in [0.5, 0.6) is 5.88 Å². The number of hydrogen-bond acceptors (Lipinski definition) is 5. The Morgan fingerprint density at radius 1 is 1.29 bits per heavy atom. The van der Waals surface area contributed by atoms with Gasteiger partial charge < -0.3 is 10.1 Å². The van der Waals surface area contributed by atoms with Crippen LogP contribution in [-0.4, -0.2) is 32.8 Å². The summed E-state index contributed by atoms with van der Waals surface area (Å²) in [7, 11) is 1.54. The lowest BCUT2D eigenvalue weighted by Crippen LogP contribution is -2.17. The SMILES string of the molecule is CCc1c(C)nc(-n2nc(C)cc2NC(=O)c2ccc(Cl)c(F)c2)nc1OC. The third-order valence-corrected chi connectivity index (χ3v) is 4.46. The summed E-state index contributed by atoms with van der Waals surface area (Å²) >= 11 is 5.67. The third-order valence-electron chi connectivity index (χ3n) is 4.16. The number of aryl methyl sites for hydroxylation is 2. The number of ether oxygens (including phenoxy) is 1. The summed E-state index contributed by atoms with van der Waals surface area (Å²) in [6.45, 7) is 5.62. The van der Waals surface area contributed by atoms with Crippen LogP contribution in [-0.2, 0) is 6.42 Å². The van der Waals surface area contributed by atoms with Crippen LogP contribution >= 0.6 is 11.6 Å². The number of hydrogen-bond donors (Lipinski definition) is 1. The Hall–Kier alpha value is -3.00. The fraction of sp³-hybridized carbons (Fsp3) is 0.263. The van der Waals surface area contributed by atoms with E-state index in [1.54, 1.807) is 13.0 Å². The summed E-state index contributed by atoms with van der Waals surface area (Å²) in [6, 6.07) is 5.51. The fourth-order valence-corrected chi connectivity index (χ4v) is 2.91. The summed E-state index contributed by atoms with van der Waals surface area (Å²) in [5.41, 5.74) is 2.44. The normalized spacial score (nSPS) is 10.8. The van der Waals surface area contributed by atoms with Gasteiger partial charge in [-0.2, -0.15) is 14.8 Å². The Balaban J connectivity index is 1.99. The highest BCUT2D eigenvalue weighted by atomic mass is 35.5. The molecule has 0 fully saturated rings. The summed E-state index contributed by atoms with van der Waals surface area (Å²) < 4.78 is 20.4. The van der Waals surface area contributed by atoms with Crippen LogP contribution in [0.15, 0.2) is 24.3 Å². The molecule has 0 radical (unpaired) electrons. The molecule has 0 aliphatic heterocycles. The number of carbonyl (C=O) groups is 1. The molecule has 0 aliphatic carbocycles. The largest absolute Gasteiger partial charge is 0.481 e. The number of methoxy groups -OCH3 is 1. The number of aromatic nitrogens is 4. The van der Waals surface area contributed by atoms with Gasteiger partial charge in [0, 0.05) is 22.9 Å². The maximum Gasteiger partial charge on any atom is 0.256 e. The average Bonchev–Trinajstić information content (AvgIpc) is 3.03. The van der Waals surface area contributed by atoms with Crippen LogP contribution in [0.1, 0.15) is 34.2 Å². The molecule has 3 rings (SSSR count). The Kier molecular flexibility index (Phi) is 5.60. The van der Waals surface area contributed by atoms with E-state index in [0.29, 0.717) is 17.4 Å². The number of anilines is 1. The second-order valence-electron chi connectivity index (χ2n) is 6.12. The van der Waals surface area contributed by atoms with Gasteiger partial charge in [0.1, 0.15) is 11.6 Å². The number of nitrogens with one attached hydrogen (secondary N) is 1. The number of halogens is 2. The van der Waals surface area contributed by atoms with Crippen molar-refractivity contribution in [1.82, 2.24) is 19.7 Å². The van der Waals surface area contributed by atoms with Crippen molar-refractivity contribution in [2.75, 3.05) is 12.4 Å². The molecular weight excluding hydrogens is 385 g/mol. The zero-order chi connectivity index (χ0) is 20.4. The molecule has 1 N–H and O–H groups in total. The molecule has 0 aliphatic rings. The van der Waals surface area contributed by atoms with Gasteiger partial charge in [-0.25, -0.2) is 9.37 Å². The van der Waals surface area contributed by atoms with E-state index in [-0.39, 0.29) is 16.5 Å². The molecule has 0 saturated carbocycles. The lowest BCUT2D eigenvalue weighted by atomic mass is 10.2. The lowest BCUT2D eigenvalue weighted by molar-refractivity contribution is 0.102. The summed E-state index contributed by atoms with van der Waals surface area (Å²) in [5.74, 6) is -0.112. The highest BCUT2D eigenvalue weighted by Crippen LogP contribution is 2.23. The van der Waals surface area contributed by atoms with Crippen LogP contribution in [0.2, 0.25) is 5.02 Å². The third kappa shape index (κ3) is 3.82. The molecule has 0 atom stereocenters. The molecule has 0 unspecified atom stereocenters. The standard InChI is InChI=1S/C19H19ClFN5O2/c1-5-13-11(3)22-19(24-18(13)28-4)26-16(8-10(2)25-26)23-17(27)12-6-7-14(20)15(21)9-12/h6-9H,5H2,1-4H3,(H,23,27). The first-order valence-electron chi connectivity index (χ1n) is 8.59. The first-order valence-corrected chi connectivity index (χ1v) is 8.96. The molecule has 0 bridgehead atoms. The van der Waals surface area contributed by atoms with E-state index < -0.39 is 11.7 Å². The molecule has 146 valence electrons. The maximum absolute atomic E-state index is 13.7. The van der Waals surface area contributed by atoms with Crippen molar-refractivity contribution < 1.29 is 13.9 Å². The van der Waals surface area contributed by atoms with Gasteiger partial charge in [-0.05, 0) is 38.5 Å². The van der Waals surface area contributed by atoms with Gasteiger partial charge in [-0.1, -0.05) is 18.5 Å². The second-order valence-corrected chi connectivity index (χ2v) is 6.52. The minimum atomic E-state index is -0.669. The van der Waals surface area contributed by atoms with Crippen molar-refractivity contribution in [3.63, 3.8) is 0 Å². The molecule has 28 heavy (non-hydrogen) atoms. The molecule has 9 heteroatoms. The molecule has 0 spiro atoms. The number of nitrogens with zero attached hydrogens (tertiary/aromatic N) is 4. The van der Waals surface area contributed by atoms with Crippen LogP contribution in [0, 0.1) is 19.7 Å². The van der Waals surface area contributed by atoms with Crippen molar-refractivity contribution in [1.29, 1.82) is 0 Å². The molecule has 0 saturated heterocycles. The lowest BCUT2D eigenvalue weighted by Gasteiger charge is -2.12. The van der Waals surface area contributed by atoms with Crippen LogP contribution in [0.4, 0.5) is 10.2 Å². The van der Waals surface area contributed by atoms with Crippen LogP contribution in [0.3, 0.4) is 0 Å². The zero-order valence-corrected chi connectivity index (χ0v) is 16.6. The Labute approximate surface area is 166 Å². The Morgan fingerprint density at radius 2 is 2.04 bits per heavy atom. The predicted molar refractivity (Wildman–Crippen MR) is 104 cm³/mol. The zero-order valence-electron chi connectivity index (χ0n) is 15.9. The van der Waals surface area contributed by atoms with Crippen molar-refractivity contribution in [3.8, 4) is 11.8 Å². The number of carbonyl (C=O) groups excluding carboxylic acids is 1. The number of rotatable bonds is 5. The van der Waals surface area contributed by atoms with Gasteiger partial charge in [0.05, 0.1) is 17.8 Å². The molecule has 2 aromatic heterocycles. The Morgan fingerprint density at radius 3 is 2.68 bits per heavy atom. The summed E-state index contributed by atoms with van der Waals surface area (Å²) in [6.07, 6.45) is 0.721. The molecular formula is C19H19ClFN5O2. The number of amides is 1. The van der Waals surface area contributed by atoms with Crippen molar-refractivity contribution in [2.45, 2.75) is 27.2 Å². The van der Waals surface area contributed by atoms with Crippen LogP contribution < -0.4 is 10.1 Å². The van der Waals surface area contributed by atoms with E-state index in [2.05, 4.69) is 20.4 Å². The van der Waals surface area contributed by atoms with Gasteiger partial charge in [0.15, 0.2) is 0 Å². The number of benzene rings is 1. The average molecular weight is 404 g/mol. The van der Waals surface area contributed by atoms with Gasteiger partial charge in [0.2, 0.25) is 5.88 Å². The highest BCUT2D eigenvalue weighted by Gasteiger charge is 2.18. The quantitative estimate of drug-likeness (QED) is 0.698. The van der Waals surface area contributed by atoms with Crippen molar-refractivity contribution in [2.24, 2.45) is 0 Å². The minimum Gasteiger partial charge on any atom is -0.481 e. The van der Waals surface area contributed by atoms with E-state index >= 15 is 0 Å². The Bertz CT molecular complexity index is 1050. The van der Waals surface area contributed by atoms with Crippen LogP contribution in [0.25, 0.3) is 5.95 Å². The molecule has 3 aromatic rings. The highest BCUT2D eigenvalue weighted by molar-refractivity contribution is 6.30. The van der Waals surface area contributed by atoms with Gasteiger partial charge in [-0.3, -0.25) is 4.79 Å². The molecule has 2 heterocycles. The summed E-state index contributed by atoms with van der Waals surface area (Å²) in [4.78, 5) is 21.4. The monoisotopic (exact) mass is 403 g/mol. The summed E-state index contributed by atoms with van der Waals surface area (Å²) in [5, 5.41) is 7.02. The van der Waals surface area contributed by atoms with Crippen molar-refractivity contribution in [3.05, 3.63) is 57.6 Å². The van der Waals surface area contributed by atoms with Gasteiger partial charge in [-0.15, -0.1) is 0 Å². The van der Waals surface area contributed by atoms with E-state index in [9.17, 15) is 9.18 Å². The van der Waals surface area contributed by atoms with E-state index in [1.807, 2.05) is 13.8 Å². The smallest absolute Gasteiger partial charge is 0.256 e. The van der Waals surface area contributed by atoms with E-state index in [4.69, 9.17) is 16.3 Å². The van der Waals surface area contributed by atoms with E-state index in [1.165, 1.54) is 23.9 Å². The first kappa shape index (κ1) is 19.8. The topological polar surface area (TPSA) is 81.9 Å². The minimum absolute atomic E-state index is 0.0515. The molecule has 7 nitrogen and oxygen atoms in total. The van der Waals surface area contributed by atoms with E-state index in [0.717, 1.165) is 23.7 Å². The second kappa shape index (κ2) is 7.93. The van der Waals surface area contributed by atoms with Gasteiger partial charge in [0.25, 0.3) is 11.9 Å². The molecule has 1 aromatic carbocycles.